The Morgan fingerprint density at radius 3 is 2.29 bits per heavy atom. The number of nitrogens with one attached hydrogen (secondary N) is 1. The first-order valence-electron chi connectivity index (χ1n) is 5.47. The molecule has 1 heterocycles. The normalized spacial score (nSPS) is 10.3. The summed E-state index contributed by atoms with van der Waals surface area (Å²) in [7, 11) is 3.37. The highest BCUT2D eigenvalue weighted by Crippen LogP contribution is 2.13. The van der Waals surface area contributed by atoms with Crippen LogP contribution in [0.25, 0.3) is 0 Å². The Bertz CT molecular complexity index is 297. The van der Waals surface area contributed by atoms with E-state index in [0.717, 1.165) is 24.6 Å². The molecule has 0 aliphatic carbocycles. The van der Waals surface area contributed by atoms with Crippen LogP contribution in [0.1, 0.15) is 0 Å². The fraction of sp³-hybridized carbons (Fsp3) is 0.545. The summed E-state index contributed by atoms with van der Waals surface area (Å²) >= 11 is 0. The predicted molar refractivity (Wildman–Crippen MR) is 68.0 cm³/mol. The number of hydrazine groups is 1. The van der Waals surface area contributed by atoms with Gasteiger partial charge < -0.3 is 19.8 Å². The maximum atomic E-state index is 5.29. The lowest BCUT2D eigenvalue weighted by Crippen LogP contribution is -2.31. The number of methoxy groups -OCH3 is 2. The third kappa shape index (κ3) is 4.56. The summed E-state index contributed by atoms with van der Waals surface area (Å²) < 4.78 is 10.2. The molecule has 0 aliphatic heterocycles. The quantitative estimate of drug-likeness (QED) is 0.508. The average Bonchev–Trinajstić information content (AvgIpc) is 2.39. The maximum Gasteiger partial charge on any atom is 0.128 e. The molecule has 3 N–H and O–H groups in total. The van der Waals surface area contributed by atoms with Crippen LogP contribution in [0, 0.1) is 0 Å². The number of aromatic nitrogens is 1. The summed E-state index contributed by atoms with van der Waals surface area (Å²) in [5.74, 6) is 6.18. The van der Waals surface area contributed by atoms with Gasteiger partial charge in [-0.25, -0.2) is 4.98 Å². The van der Waals surface area contributed by atoms with Crippen LogP contribution in [0.4, 0.5) is 11.5 Å². The summed E-state index contributed by atoms with van der Waals surface area (Å²) in [4.78, 5) is 6.43. The Kier molecular flexibility index (Phi) is 6.31. The molecule has 1 aromatic heterocycles. The average molecular weight is 240 g/mol. The van der Waals surface area contributed by atoms with Crippen LogP contribution in [0.15, 0.2) is 18.3 Å². The van der Waals surface area contributed by atoms with Crippen molar-refractivity contribution in [3.05, 3.63) is 18.3 Å². The van der Waals surface area contributed by atoms with Crippen molar-refractivity contribution in [2.45, 2.75) is 0 Å². The van der Waals surface area contributed by atoms with E-state index in [-0.39, 0.29) is 0 Å². The summed E-state index contributed by atoms with van der Waals surface area (Å²) in [6, 6.07) is 3.80. The zero-order chi connectivity index (χ0) is 12.5. The molecule has 0 aromatic carbocycles. The SMILES string of the molecule is COCCN(CCOC)c1ccc(NN)cn1. The first-order chi connectivity index (χ1) is 8.31. The second-order valence-corrected chi connectivity index (χ2v) is 3.52. The number of nitrogens with zero attached hydrogens (tertiary/aromatic N) is 2. The minimum Gasteiger partial charge on any atom is -0.383 e. The minimum absolute atomic E-state index is 0.655. The first-order valence-corrected chi connectivity index (χ1v) is 5.47. The highest BCUT2D eigenvalue weighted by Gasteiger charge is 2.07. The second-order valence-electron chi connectivity index (χ2n) is 3.52. The van der Waals surface area contributed by atoms with E-state index in [4.69, 9.17) is 15.3 Å². The number of anilines is 2. The Morgan fingerprint density at radius 1 is 1.24 bits per heavy atom. The smallest absolute Gasteiger partial charge is 0.128 e. The van der Waals surface area contributed by atoms with Crippen molar-refractivity contribution in [1.82, 2.24) is 4.98 Å². The van der Waals surface area contributed by atoms with Gasteiger partial charge in [-0.3, -0.25) is 5.84 Å². The van der Waals surface area contributed by atoms with E-state index < -0.39 is 0 Å². The van der Waals surface area contributed by atoms with E-state index in [9.17, 15) is 0 Å². The highest BCUT2D eigenvalue weighted by atomic mass is 16.5. The van der Waals surface area contributed by atoms with E-state index in [2.05, 4.69) is 15.3 Å². The van der Waals surface area contributed by atoms with Crippen molar-refractivity contribution in [2.75, 3.05) is 50.8 Å². The van der Waals surface area contributed by atoms with E-state index >= 15 is 0 Å². The van der Waals surface area contributed by atoms with E-state index in [1.54, 1.807) is 20.4 Å². The number of rotatable bonds is 8. The summed E-state index contributed by atoms with van der Waals surface area (Å²) in [5.41, 5.74) is 3.33. The van der Waals surface area contributed by atoms with Gasteiger partial charge in [-0.05, 0) is 12.1 Å². The van der Waals surface area contributed by atoms with E-state index in [0.29, 0.717) is 13.2 Å². The van der Waals surface area contributed by atoms with Crippen LogP contribution in [-0.4, -0.2) is 45.5 Å². The zero-order valence-electron chi connectivity index (χ0n) is 10.3. The highest BCUT2D eigenvalue weighted by molar-refractivity contribution is 5.47. The molecule has 0 unspecified atom stereocenters. The molecule has 0 saturated carbocycles. The molecule has 1 aromatic rings. The molecule has 0 bridgehead atoms. The summed E-state index contributed by atoms with van der Waals surface area (Å²) in [5, 5.41) is 0. The van der Waals surface area contributed by atoms with Crippen LogP contribution < -0.4 is 16.2 Å². The van der Waals surface area contributed by atoms with Gasteiger partial charge in [0.05, 0.1) is 25.1 Å². The first kappa shape index (κ1) is 13.7. The fourth-order valence-electron chi connectivity index (χ4n) is 1.40. The van der Waals surface area contributed by atoms with Gasteiger partial charge in [-0.2, -0.15) is 0 Å². The van der Waals surface area contributed by atoms with Gasteiger partial charge in [0.25, 0.3) is 0 Å². The van der Waals surface area contributed by atoms with Crippen LogP contribution in [0.5, 0.6) is 0 Å². The van der Waals surface area contributed by atoms with Gasteiger partial charge in [0.2, 0.25) is 0 Å². The molecule has 0 radical (unpaired) electrons. The van der Waals surface area contributed by atoms with Crippen molar-refractivity contribution >= 4 is 11.5 Å². The van der Waals surface area contributed by atoms with Crippen molar-refractivity contribution < 1.29 is 9.47 Å². The van der Waals surface area contributed by atoms with Crippen molar-refractivity contribution in [1.29, 1.82) is 0 Å². The van der Waals surface area contributed by atoms with E-state index in [1.165, 1.54) is 0 Å². The molecule has 0 aliphatic rings. The molecule has 0 atom stereocenters. The lowest BCUT2D eigenvalue weighted by Gasteiger charge is -2.23. The standard InChI is InChI=1S/C11H20N4O2/c1-16-7-5-15(6-8-17-2)11-4-3-10(14-12)9-13-11/h3-4,9,14H,5-8,12H2,1-2H3. The monoisotopic (exact) mass is 240 g/mol. The topological polar surface area (TPSA) is 72.6 Å². The lowest BCUT2D eigenvalue weighted by atomic mass is 10.3. The third-order valence-corrected chi connectivity index (χ3v) is 2.37. The zero-order valence-corrected chi connectivity index (χ0v) is 10.3. The van der Waals surface area contributed by atoms with Gasteiger partial charge in [0, 0.05) is 27.3 Å². The summed E-state index contributed by atoms with van der Waals surface area (Å²) in [6.45, 7) is 2.87. The van der Waals surface area contributed by atoms with Crippen LogP contribution >= 0.6 is 0 Å². The van der Waals surface area contributed by atoms with Crippen LogP contribution in [0.3, 0.4) is 0 Å². The Hall–Kier alpha value is -1.37. The molecule has 0 spiro atoms. The number of pyridine rings is 1. The Morgan fingerprint density at radius 2 is 1.88 bits per heavy atom. The number of hydrogen-bond acceptors (Lipinski definition) is 6. The van der Waals surface area contributed by atoms with Gasteiger partial charge in [0.15, 0.2) is 0 Å². The Balaban J connectivity index is 2.65. The number of nitrogens with two attached hydrogens (primary N) is 1. The van der Waals surface area contributed by atoms with Gasteiger partial charge in [0.1, 0.15) is 5.82 Å². The molecule has 6 nitrogen and oxygen atoms in total. The van der Waals surface area contributed by atoms with Crippen LogP contribution in [0.2, 0.25) is 0 Å². The number of ether oxygens (including phenoxy) is 2. The molecule has 0 fully saturated rings. The fourth-order valence-corrected chi connectivity index (χ4v) is 1.40. The predicted octanol–water partition coefficient (Wildman–Crippen LogP) is 0.466. The van der Waals surface area contributed by atoms with Crippen molar-refractivity contribution in [2.24, 2.45) is 5.84 Å². The molecule has 0 amide bonds. The van der Waals surface area contributed by atoms with Gasteiger partial charge in [-0.15, -0.1) is 0 Å². The molecule has 17 heavy (non-hydrogen) atoms. The number of hydrogen-bond donors (Lipinski definition) is 2. The van der Waals surface area contributed by atoms with Gasteiger partial charge >= 0.3 is 0 Å². The van der Waals surface area contributed by atoms with Gasteiger partial charge in [-0.1, -0.05) is 0 Å². The lowest BCUT2D eigenvalue weighted by molar-refractivity contribution is 0.190. The minimum atomic E-state index is 0.655. The molecular weight excluding hydrogens is 220 g/mol. The maximum absolute atomic E-state index is 5.29. The largest absolute Gasteiger partial charge is 0.383 e. The van der Waals surface area contributed by atoms with Crippen LogP contribution in [-0.2, 0) is 9.47 Å². The van der Waals surface area contributed by atoms with Crippen molar-refractivity contribution in [3.8, 4) is 0 Å². The molecule has 6 heteroatoms. The van der Waals surface area contributed by atoms with E-state index in [1.807, 2.05) is 12.1 Å². The molecule has 0 saturated heterocycles. The Labute approximate surface area is 102 Å². The second kappa shape index (κ2) is 7.83. The molecule has 1 rings (SSSR count). The van der Waals surface area contributed by atoms with Crippen molar-refractivity contribution in [3.63, 3.8) is 0 Å². The number of nitrogen functional groups attached to an aromatic ring is 1. The molecular formula is C11H20N4O2. The molecule has 96 valence electrons. The third-order valence-electron chi connectivity index (χ3n) is 2.37. The summed E-state index contributed by atoms with van der Waals surface area (Å²) in [6.07, 6.45) is 1.70.